The molecule has 0 aromatic heterocycles. The number of rotatable bonds is 2. The highest BCUT2D eigenvalue weighted by molar-refractivity contribution is 5.11. The van der Waals surface area contributed by atoms with Crippen LogP contribution in [0.3, 0.4) is 0 Å². The summed E-state index contributed by atoms with van der Waals surface area (Å²) in [5.74, 6) is 0.574. The first-order valence-corrected chi connectivity index (χ1v) is 4.96. The molecule has 0 aromatic rings. The molecule has 0 radical (unpaired) electrons. The van der Waals surface area contributed by atoms with Crippen LogP contribution in [0.4, 0.5) is 0 Å². The second-order valence-corrected chi connectivity index (χ2v) is 3.96. The van der Waals surface area contributed by atoms with Crippen LogP contribution in [0.1, 0.15) is 32.1 Å². The van der Waals surface area contributed by atoms with E-state index in [0.717, 1.165) is 19.3 Å². The average molecular weight is 184 g/mol. The van der Waals surface area contributed by atoms with E-state index in [0.29, 0.717) is 25.2 Å². The lowest BCUT2D eigenvalue weighted by molar-refractivity contribution is -0.0712. The Balaban J connectivity index is 2.06. The normalized spacial score (nSPS) is 28.3. The molecular weight excluding hydrogens is 168 g/mol. The number of hydrogen-bond acceptors (Lipinski definition) is 3. The van der Waals surface area contributed by atoms with Crippen molar-refractivity contribution in [2.45, 2.75) is 43.8 Å². The van der Waals surface area contributed by atoms with Gasteiger partial charge in [0.05, 0.1) is 12.2 Å². The SMILES string of the molecule is OC(C1=CCCO1)C1(O)CCCC1. The molecule has 1 aliphatic heterocycles. The van der Waals surface area contributed by atoms with Crippen molar-refractivity contribution in [3.8, 4) is 0 Å². The summed E-state index contributed by atoms with van der Waals surface area (Å²) in [6, 6.07) is 0. The van der Waals surface area contributed by atoms with Crippen molar-refractivity contribution in [1.82, 2.24) is 0 Å². The van der Waals surface area contributed by atoms with E-state index in [1.54, 1.807) is 0 Å². The van der Waals surface area contributed by atoms with Gasteiger partial charge in [-0.15, -0.1) is 0 Å². The summed E-state index contributed by atoms with van der Waals surface area (Å²) >= 11 is 0. The van der Waals surface area contributed by atoms with Crippen molar-refractivity contribution in [3.05, 3.63) is 11.8 Å². The highest BCUT2D eigenvalue weighted by atomic mass is 16.5. The van der Waals surface area contributed by atoms with Crippen molar-refractivity contribution < 1.29 is 14.9 Å². The van der Waals surface area contributed by atoms with Crippen molar-refractivity contribution in [1.29, 1.82) is 0 Å². The van der Waals surface area contributed by atoms with Gasteiger partial charge in [-0.2, -0.15) is 0 Å². The fourth-order valence-corrected chi connectivity index (χ4v) is 2.15. The first-order valence-electron chi connectivity index (χ1n) is 4.96. The molecule has 1 fully saturated rings. The Kier molecular flexibility index (Phi) is 2.30. The molecule has 3 nitrogen and oxygen atoms in total. The fraction of sp³-hybridized carbons (Fsp3) is 0.800. The molecule has 0 saturated heterocycles. The molecule has 74 valence electrons. The zero-order valence-corrected chi connectivity index (χ0v) is 7.70. The molecule has 1 heterocycles. The lowest BCUT2D eigenvalue weighted by Crippen LogP contribution is -2.40. The first kappa shape index (κ1) is 9.03. The summed E-state index contributed by atoms with van der Waals surface area (Å²) < 4.78 is 5.24. The zero-order valence-electron chi connectivity index (χ0n) is 7.70. The van der Waals surface area contributed by atoms with Gasteiger partial charge < -0.3 is 14.9 Å². The summed E-state index contributed by atoms with van der Waals surface area (Å²) in [6.07, 6.45) is 5.30. The Labute approximate surface area is 78.0 Å². The molecule has 13 heavy (non-hydrogen) atoms. The molecule has 2 N–H and O–H groups in total. The maximum atomic E-state index is 10.0. The first-order chi connectivity index (χ1) is 6.22. The molecule has 1 unspecified atom stereocenters. The molecule has 1 atom stereocenters. The van der Waals surface area contributed by atoms with Crippen LogP contribution in [-0.4, -0.2) is 28.5 Å². The van der Waals surface area contributed by atoms with Crippen LogP contribution in [-0.2, 0) is 4.74 Å². The Bertz CT molecular complexity index is 216. The van der Waals surface area contributed by atoms with E-state index < -0.39 is 11.7 Å². The minimum Gasteiger partial charge on any atom is -0.495 e. The highest BCUT2D eigenvalue weighted by Crippen LogP contribution is 2.36. The maximum absolute atomic E-state index is 10.0. The summed E-state index contributed by atoms with van der Waals surface area (Å²) in [7, 11) is 0. The molecule has 2 rings (SSSR count). The van der Waals surface area contributed by atoms with Crippen LogP contribution in [0.2, 0.25) is 0 Å². The summed E-state index contributed by atoms with van der Waals surface area (Å²) in [4.78, 5) is 0. The molecule has 0 spiro atoms. The minimum absolute atomic E-state index is 0.574. The summed E-state index contributed by atoms with van der Waals surface area (Å²) in [6.45, 7) is 0.641. The molecule has 2 aliphatic rings. The predicted molar refractivity (Wildman–Crippen MR) is 48.1 cm³/mol. The van der Waals surface area contributed by atoms with Gasteiger partial charge in [-0.3, -0.25) is 0 Å². The third-order valence-electron chi connectivity index (χ3n) is 2.98. The predicted octanol–water partition coefficient (Wildman–Crippen LogP) is 0.957. The molecule has 0 aromatic carbocycles. The van der Waals surface area contributed by atoms with Crippen LogP contribution in [0.25, 0.3) is 0 Å². The van der Waals surface area contributed by atoms with E-state index in [1.807, 2.05) is 6.08 Å². The third kappa shape index (κ3) is 1.58. The van der Waals surface area contributed by atoms with Crippen LogP contribution < -0.4 is 0 Å². The minimum atomic E-state index is -0.920. The lowest BCUT2D eigenvalue weighted by Gasteiger charge is -2.28. The number of hydrogen-bond donors (Lipinski definition) is 2. The summed E-state index contributed by atoms with van der Waals surface area (Å²) in [5.41, 5.74) is -0.920. The molecule has 3 heteroatoms. The Morgan fingerprint density at radius 2 is 2.08 bits per heavy atom. The van der Waals surface area contributed by atoms with Gasteiger partial charge in [-0.05, 0) is 18.9 Å². The monoisotopic (exact) mass is 184 g/mol. The van der Waals surface area contributed by atoms with Crippen molar-refractivity contribution in [2.24, 2.45) is 0 Å². The largest absolute Gasteiger partial charge is 0.495 e. The molecule has 0 bridgehead atoms. The van der Waals surface area contributed by atoms with E-state index in [-0.39, 0.29) is 0 Å². The summed E-state index contributed by atoms with van der Waals surface area (Å²) in [5, 5.41) is 19.9. The van der Waals surface area contributed by atoms with Crippen LogP contribution in [0.15, 0.2) is 11.8 Å². The Hall–Kier alpha value is -0.540. The van der Waals surface area contributed by atoms with Gasteiger partial charge in [0.25, 0.3) is 0 Å². The van der Waals surface area contributed by atoms with Gasteiger partial charge in [0.15, 0.2) is 0 Å². The van der Waals surface area contributed by atoms with E-state index in [9.17, 15) is 10.2 Å². The van der Waals surface area contributed by atoms with Crippen LogP contribution in [0.5, 0.6) is 0 Å². The molecule has 0 amide bonds. The van der Waals surface area contributed by atoms with Crippen molar-refractivity contribution in [2.75, 3.05) is 6.61 Å². The quantitative estimate of drug-likeness (QED) is 0.672. The highest BCUT2D eigenvalue weighted by Gasteiger charge is 2.41. The topological polar surface area (TPSA) is 49.7 Å². The average Bonchev–Trinajstić information content (AvgIpc) is 2.73. The number of ether oxygens (including phenoxy) is 1. The van der Waals surface area contributed by atoms with E-state index in [4.69, 9.17) is 4.74 Å². The van der Waals surface area contributed by atoms with Crippen molar-refractivity contribution >= 4 is 0 Å². The maximum Gasteiger partial charge on any atom is 0.139 e. The lowest BCUT2D eigenvalue weighted by atomic mass is 9.93. The Morgan fingerprint density at radius 1 is 1.38 bits per heavy atom. The second-order valence-electron chi connectivity index (χ2n) is 3.96. The zero-order chi connectivity index (χ0) is 9.31. The van der Waals surface area contributed by atoms with Gasteiger partial charge in [0.1, 0.15) is 11.9 Å². The number of aliphatic hydroxyl groups excluding tert-OH is 1. The van der Waals surface area contributed by atoms with Gasteiger partial charge in [-0.25, -0.2) is 0 Å². The van der Waals surface area contributed by atoms with E-state index in [1.165, 1.54) is 0 Å². The number of aliphatic hydroxyl groups is 2. The fourth-order valence-electron chi connectivity index (χ4n) is 2.15. The van der Waals surface area contributed by atoms with E-state index in [2.05, 4.69) is 0 Å². The van der Waals surface area contributed by atoms with E-state index >= 15 is 0 Å². The van der Waals surface area contributed by atoms with Gasteiger partial charge in [-0.1, -0.05) is 12.8 Å². The molecule has 1 saturated carbocycles. The van der Waals surface area contributed by atoms with Gasteiger partial charge in [0, 0.05) is 6.42 Å². The van der Waals surface area contributed by atoms with Crippen LogP contribution in [0, 0.1) is 0 Å². The second kappa shape index (κ2) is 3.31. The standard InChI is InChI=1S/C10H16O3/c11-9(8-4-3-7-13-8)10(12)5-1-2-6-10/h4,9,11-12H,1-3,5-7H2. The molecular formula is C10H16O3. The molecule has 1 aliphatic carbocycles. The van der Waals surface area contributed by atoms with Gasteiger partial charge >= 0.3 is 0 Å². The third-order valence-corrected chi connectivity index (χ3v) is 2.98. The Morgan fingerprint density at radius 3 is 2.62 bits per heavy atom. The van der Waals surface area contributed by atoms with Crippen molar-refractivity contribution in [3.63, 3.8) is 0 Å². The van der Waals surface area contributed by atoms with Gasteiger partial charge in [0.2, 0.25) is 0 Å². The smallest absolute Gasteiger partial charge is 0.139 e. The van der Waals surface area contributed by atoms with Crippen LogP contribution >= 0.6 is 0 Å².